The smallest absolute Gasteiger partial charge is 0.142 e. The number of nitrogens with one attached hydrogen (secondary N) is 1. The molecule has 6 heteroatoms. The van der Waals surface area contributed by atoms with Crippen LogP contribution in [0.2, 0.25) is 0 Å². The predicted molar refractivity (Wildman–Crippen MR) is 104 cm³/mol. The summed E-state index contributed by atoms with van der Waals surface area (Å²) in [4.78, 5) is 20.1. The molecule has 0 aromatic carbocycles. The van der Waals surface area contributed by atoms with E-state index in [0.29, 0.717) is 6.04 Å². The molecule has 0 radical (unpaired) electrons. The van der Waals surface area contributed by atoms with Gasteiger partial charge in [0.1, 0.15) is 17.8 Å². The maximum atomic E-state index is 4.69. The van der Waals surface area contributed by atoms with E-state index in [-0.39, 0.29) is 0 Å². The third-order valence-electron chi connectivity index (χ3n) is 6.81. The Kier molecular flexibility index (Phi) is 4.13. The molecule has 5 rings (SSSR count). The summed E-state index contributed by atoms with van der Waals surface area (Å²) in [5, 5.41) is 1.16. The molecular formula is C20H30N6. The van der Waals surface area contributed by atoms with Crippen LogP contribution in [0.5, 0.6) is 0 Å². The van der Waals surface area contributed by atoms with Crippen LogP contribution in [0.25, 0.3) is 11.0 Å². The number of rotatable bonds is 3. The van der Waals surface area contributed by atoms with Crippen molar-refractivity contribution in [1.29, 1.82) is 0 Å². The third kappa shape index (κ3) is 2.70. The van der Waals surface area contributed by atoms with Crippen molar-refractivity contribution in [3.05, 3.63) is 18.6 Å². The fourth-order valence-electron chi connectivity index (χ4n) is 5.82. The highest BCUT2D eigenvalue weighted by Crippen LogP contribution is 2.42. The highest BCUT2D eigenvalue weighted by Gasteiger charge is 2.47. The first-order chi connectivity index (χ1) is 12.7. The number of likely N-dealkylation sites (N-methyl/N-ethyl adjacent to an activating group) is 1. The van der Waals surface area contributed by atoms with E-state index in [9.17, 15) is 0 Å². The second-order valence-corrected chi connectivity index (χ2v) is 8.73. The molecule has 0 amide bonds. The van der Waals surface area contributed by atoms with E-state index >= 15 is 0 Å². The average molecular weight is 355 g/mol. The summed E-state index contributed by atoms with van der Waals surface area (Å²) in [6.45, 7) is 4.73. The number of piperidine rings is 3. The molecular weight excluding hydrogens is 324 g/mol. The van der Waals surface area contributed by atoms with Gasteiger partial charge in [-0.05, 0) is 57.8 Å². The van der Waals surface area contributed by atoms with Gasteiger partial charge in [0.05, 0.1) is 5.39 Å². The van der Waals surface area contributed by atoms with Crippen molar-refractivity contribution in [1.82, 2.24) is 24.8 Å². The summed E-state index contributed by atoms with van der Waals surface area (Å²) in [6, 6.07) is 3.56. The molecule has 3 saturated heterocycles. The highest BCUT2D eigenvalue weighted by molar-refractivity contribution is 5.87. The molecule has 1 N–H and O–H groups in total. The Bertz CT molecular complexity index is 771. The molecule has 4 atom stereocenters. The summed E-state index contributed by atoms with van der Waals surface area (Å²) < 4.78 is 0. The monoisotopic (exact) mass is 354 g/mol. The fraction of sp³-hybridized carbons (Fsp3) is 0.700. The second-order valence-electron chi connectivity index (χ2n) is 8.73. The van der Waals surface area contributed by atoms with Gasteiger partial charge < -0.3 is 14.8 Å². The maximum Gasteiger partial charge on any atom is 0.142 e. The van der Waals surface area contributed by atoms with Crippen LogP contribution in [0, 0.1) is 11.8 Å². The maximum absolute atomic E-state index is 4.69. The zero-order chi connectivity index (χ0) is 17.7. The number of H-pyrrole nitrogens is 1. The van der Waals surface area contributed by atoms with Gasteiger partial charge in [-0.3, -0.25) is 4.90 Å². The van der Waals surface area contributed by atoms with Crippen LogP contribution in [-0.2, 0) is 0 Å². The van der Waals surface area contributed by atoms with Crippen LogP contribution in [0.1, 0.15) is 25.7 Å². The molecule has 5 heterocycles. The van der Waals surface area contributed by atoms with E-state index in [1.165, 1.54) is 38.8 Å². The van der Waals surface area contributed by atoms with Gasteiger partial charge in [0, 0.05) is 37.9 Å². The Morgan fingerprint density at radius 3 is 2.96 bits per heavy atom. The van der Waals surface area contributed by atoms with Gasteiger partial charge in [-0.2, -0.15) is 0 Å². The standard InChI is InChI=1S/C20H30N6/c1-24(2)12-18-15-9-14(17-5-3-4-8-26(17)18)10-25(11-15)20-16-6-7-21-19(16)22-13-23-20/h6-7,13-15,17-18H,3-5,8-12H2,1-2H3,(H,21,22,23)/t14-,15+,17+,18+/m1/s1. The lowest BCUT2D eigenvalue weighted by Gasteiger charge is -2.57. The summed E-state index contributed by atoms with van der Waals surface area (Å²) >= 11 is 0. The molecule has 3 fully saturated rings. The molecule has 26 heavy (non-hydrogen) atoms. The second kappa shape index (κ2) is 6.50. The lowest BCUT2D eigenvalue weighted by molar-refractivity contribution is -0.0400. The van der Waals surface area contributed by atoms with Gasteiger partial charge >= 0.3 is 0 Å². The van der Waals surface area contributed by atoms with E-state index < -0.39 is 0 Å². The minimum absolute atomic E-state index is 0.679. The first-order valence-corrected chi connectivity index (χ1v) is 10.1. The molecule has 0 saturated carbocycles. The van der Waals surface area contributed by atoms with Gasteiger partial charge in [0.25, 0.3) is 0 Å². The van der Waals surface area contributed by atoms with Gasteiger partial charge in [0.15, 0.2) is 0 Å². The molecule has 3 aliphatic rings. The Hall–Kier alpha value is -1.66. The number of fused-ring (bicyclic) bond motifs is 5. The largest absolute Gasteiger partial charge is 0.355 e. The molecule has 3 aliphatic heterocycles. The predicted octanol–water partition coefficient (Wildman–Crippen LogP) is 2.20. The van der Waals surface area contributed by atoms with Crippen molar-refractivity contribution in [2.75, 3.05) is 45.2 Å². The van der Waals surface area contributed by atoms with E-state index in [0.717, 1.165) is 47.8 Å². The summed E-state index contributed by atoms with van der Waals surface area (Å²) in [5.74, 6) is 2.63. The fourth-order valence-corrected chi connectivity index (χ4v) is 5.82. The Morgan fingerprint density at radius 2 is 2.08 bits per heavy atom. The molecule has 140 valence electrons. The van der Waals surface area contributed by atoms with Crippen LogP contribution in [0.4, 0.5) is 5.82 Å². The van der Waals surface area contributed by atoms with Gasteiger partial charge in [0.2, 0.25) is 0 Å². The molecule has 0 unspecified atom stereocenters. The molecule has 0 spiro atoms. The van der Waals surface area contributed by atoms with Gasteiger partial charge in [-0.25, -0.2) is 9.97 Å². The zero-order valence-electron chi connectivity index (χ0n) is 15.9. The topological polar surface area (TPSA) is 51.3 Å². The number of aromatic amines is 1. The number of hydrogen-bond acceptors (Lipinski definition) is 5. The summed E-state index contributed by atoms with van der Waals surface area (Å²) in [5.41, 5.74) is 0.954. The highest BCUT2D eigenvalue weighted by atomic mass is 15.3. The van der Waals surface area contributed by atoms with Crippen LogP contribution in [0.3, 0.4) is 0 Å². The SMILES string of the molecule is CN(C)C[C@H]1[C@H]2C[C@H](CN(c3ncnc4[nH]ccc34)C2)[C@@H]2CCCCN21. The van der Waals surface area contributed by atoms with Crippen LogP contribution in [-0.4, -0.2) is 77.1 Å². The van der Waals surface area contributed by atoms with Crippen molar-refractivity contribution in [3.63, 3.8) is 0 Å². The van der Waals surface area contributed by atoms with E-state index in [1.807, 2.05) is 6.20 Å². The molecule has 2 aromatic heterocycles. The minimum atomic E-state index is 0.679. The van der Waals surface area contributed by atoms with Crippen LogP contribution < -0.4 is 4.90 Å². The van der Waals surface area contributed by atoms with E-state index in [2.05, 4.69) is 44.8 Å². The molecule has 2 bridgehead atoms. The van der Waals surface area contributed by atoms with Crippen LogP contribution in [0.15, 0.2) is 18.6 Å². The van der Waals surface area contributed by atoms with Crippen molar-refractivity contribution < 1.29 is 0 Å². The number of aromatic nitrogens is 3. The van der Waals surface area contributed by atoms with Crippen LogP contribution >= 0.6 is 0 Å². The Morgan fingerprint density at radius 1 is 1.19 bits per heavy atom. The van der Waals surface area contributed by atoms with Crippen molar-refractivity contribution in [2.24, 2.45) is 11.8 Å². The van der Waals surface area contributed by atoms with Gasteiger partial charge in [-0.1, -0.05) is 6.42 Å². The zero-order valence-corrected chi connectivity index (χ0v) is 15.9. The molecule has 0 aliphatic carbocycles. The summed E-state index contributed by atoms with van der Waals surface area (Å²) in [6.07, 6.45) is 9.22. The number of nitrogens with zero attached hydrogens (tertiary/aromatic N) is 5. The Labute approximate surface area is 155 Å². The first kappa shape index (κ1) is 16.5. The third-order valence-corrected chi connectivity index (χ3v) is 6.81. The van der Waals surface area contributed by atoms with E-state index in [4.69, 9.17) is 4.98 Å². The van der Waals surface area contributed by atoms with E-state index in [1.54, 1.807) is 6.33 Å². The van der Waals surface area contributed by atoms with Gasteiger partial charge in [-0.15, -0.1) is 0 Å². The number of anilines is 1. The van der Waals surface area contributed by atoms with Crippen molar-refractivity contribution >= 4 is 16.9 Å². The first-order valence-electron chi connectivity index (χ1n) is 10.1. The normalized spacial score (nSPS) is 32.2. The number of hydrogen-bond donors (Lipinski definition) is 1. The Balaban J connectivity index is 1.48. The average Bonchev–Trinajstić information content (AvgIpc) is 3.13. The molecule has 2 aromatic rings. The quantitative estimate of drug-likeness (QED) is 0.916. The van der Waals surface area contributed by atoms with Crippen molar-refractivity contribution in [2.45, 2.75) is 37.8 Å². The minimum Gasteiger partial charge on any atom is -0.355 e. The van der Waals surface area contributed by atoms with Crippen molar-refractivity contribution in [3.8, 4) is 0 Å². The molecule has 6 nitrogen and oxygen atoms in total. The lowest BCUT2D eigenvalue weighted by atomic mass is 9.72. The lowest BCUT2D eigenvalue weighted by Crippen LogP contribution is -2.65. The summed E-state index contributed by atoms with van der Waals surface area (Å²) in [7, 11) is 4.44.